The lowest BCUT2D eigenvalue weighted by molar-refractivity contribution is -0.125. The van der Waals surface area contributed by atoms with Gasteiger partial charge in [-0.15, -0.1) is 0 Å². The first-order chi connectivity index (χ1) is 13.4. The summed E-state index contributed by atoms with van der Waals surface area (Å²) in [6, 6.07) is 12.4. The van der Waals surface area contributed by atoms with E-state index in [0.717, 1.165) is 5.56 Å². The maximum atomic E-state index is 12.2. The number of aliphatic hydroxyl groups excluding tert-OH is 2. The second kappa shape index (κ2) is 9.94. The van der Waals surface area contributed by atoms with Crippen LogP contribution in [0.3, 0.4) is 0 Å². The largest absolute Gasteiger partial charge is 0.399 e. The van der Waals surface area contributed by atoms with Crippen molar-refractivity contribution in [1.82, 2.24) is 5.32 Å². The van der Waals surface area contributed by atoms with Gasteiger partial charge in [0, 0.05) is 22.4 Å². The zero-order valence-electron chi connectivity index (χ0n) is 15.3. The molecule has 2 rings (SSSR count). The van der Waals surface area contributed by atoms with Crippen molar-refractivity contribution < 1.29 is 19.8 Å². The average Bonchev–Trinajstić information content (AvgIpc) is 2.70. The molecule has 0 aliphatic heterocycles. The van der Waals surface area contributed by atoms with Gasteiger partial charge in [-0.2, -0.15) is 0 Å². The number of amides is 1. The lowest BCUT2D eigenvalue weighted by Gasteiger charge is -2.19. The molecule has 2 aromatic carbocycles. The zero-order valence-corrected chi connectivity index (χ0v) is 15.3. The standard InChI is InChI=1S/C22H20N2O4/c1-15(26)21(20(27)14-25)24-22(28)18-10-6-16(7-11-18)4-2-3-5-17-8-12-19(23)13-9-17/h6-13,15,21,25-26H,14,23H2,1H3,(H,24,28)/t15-,21-/m0/s1. The third-order valence-electron chi connectivity index (χ3n) is 3.81. The molecule has 1 amide bonds. The summed E-state index contributed by atoms with van der Waals surface area (Å²) >= 11 is 0. The molecule has 5 N–H and O–H groups in total. The van der Waals surface area contributed by atoms with Crippen LogP contribution >= 0.6 is 0 Å². The predicted octanol–water partition coefficient (Wildman–Crippen LogP) is 0.713. The molecule has 0 aromatic heterocycles. The highest BCUT2D eigenvalue weighted by Crippen LogP contribution is 2.06. The van der Waals surface area contributed by atoms with Crippen LogP contribution in [0.15, 0.2) is 48.5 Å². The number of ketones is 1. The number of carbonyl (C=O) groups excluding carboxylic acids is 2. The molecule has 0 heterocycles. The molecule has 2 atom stereocenters. The lowest BCUT2D eigenvalue weighted by atomic mass is 10.1. The van der Waals surface area contributed by atoms with Crippen LogP contribution < -0.4 is 11.1 Å². The number of Topliss-reactive ketones (excluding diaryl/α,β-unsaturated/α-hetero) is 1. The summed E-state index contributed by atoms with van der Waals surface area (Å²) in [6.45, 7) is 0.602. The fraction of sp³-hybridized carbons (Fsp3) is 0.182. The van der Waals surface area contributed by atoms with Crippen molar-refractivity contribution in [1.29, 1.82) is 0 Å². The van der Waals surface area contributed by atoms with Gasteiger partial charge in [-0.25, -0.2) is 0 Å². The van der Waals surface area contributed by atoms with Crippen LogP contribution in [-0.2, 0) is 4.79 Å². The van der Waals surface area contributed by atoms with E-state index in [9.17, 15) is 14.7 Å². The maximum Gasteiger partial charge on any atom is 0.251 e. The van der Waals surface area contributed by atoms with Gasteiger partial charge in [-0.3, -0.25) is 9.59 Å². The topological polar surface area (TPSA) is 113 Å². The molecule has 6 nitrogen and oxygen atoms in total. The fourth-order valence-corrected chi connectivity index (χ4v) is 2.27. The van der Waals surface area contributed by atoms with Crippen molar-refractivity contribution >= 4 is 17.4 Å². The van der Waals surface area contributed by atoms with E-state index in [-0.39, 0.29) is 0 Å². The number of carbonyl (C=O) groups is 2. The number of nitrogen functional groups attached to an aromatic ring is 1. The predicted molar refractivity (Wildman–Crippen MR) is 106 cm³/mol. The maximum absolute atomic E-state index is 12.2. The van der Waals surface area contributed by atoms with Crippen molar-refractivity contribution in [3.8, 4) is 23.7 Å². The first-order valence-corrected chi connectivity index (χ1v) is 8.51. The molecule has 0 saturated heterocycles. The van der Waals surface area contributed by atoms with Gasteiger partial charge >= 0.3 is 0 Å². The number of hydrogen-bond donors (Lipinski definition) is 4. The average molecular weight is 376 g/mol. The van der Waals surface area contributed by atoms with E-state index in [0.29, 0.717) is 16.8 Å². The monoisotopic (exact) mass is 376 g/mol. The molecular formula is C22H20N2O4. The van der Waals surface area contributed by atoms with Crippen LogP contribution in [0.5, 0.6) is 0 Å². The highest BCUT2D eigenvalue weighted by Gasteiger charge is 2.25. The smallest absolute Gasteiger partial charge is 0.251 e. The summed E-state index contributed by atoms with van der Waals surface area (Å²) in [7, 11) is 0. The van der Waals surface area contributed by atoms with Crippen LogP contribution in [0, 0.1) is 23.7 Å². The highest BCUT2D eigenvalue weighted by atomic mass is 16.3. The van der Waals surface area contributed by atoms with E-state index < -0.39 is 30.4 Å². The van der Waals surface area contributed by atoms with Gasteiger partial charge in [0.2, 0.25) is 0 Å². The highest BCUT2D eigenvalue weighted by molar-refractivity contribution is 5.98. The molecule has 0 unspecified atom stereocenters. The van der Waals surface area contributed by atoms with Gasteiger partial charge in [0.15, 0.2) is 5.78 Å². The molecule has 0 saturated carbocycles. The van der Waals surface area contributed by atoms with Crippen LogP contribution in [0.1, 0.15) is 28.4 Å². The fourth-order valence-electron chi connectivity index (χ4n) is 2.27. The van der Waals surface area contributed by atoms with Crippen molar-refractivity contribution in [3.05, 3.63) is 65.2 Å². The first kappa shape index (κ1) is 20.7. The zero-order chi connectivity index (χ0) is 20.5. The Morgan fingerprint density at radius 3 is 1.96 bits per heavy atom. The molecule has 6 heteroatoms. The summed E-state index contributed by atoms with van der Waals surface area (Å²) in [6.07, 6.45) is -1.12. The van der Waals surface area contributed by atoms with Crippen LogP contribution in [0.25, 0.3) is 0 Å². The third-order valence-corrected chi connectivity index (χ3v) is 3.81. The van der Waals surface area contributed by atoms with E-state index in [4.69, 9.17) is 10.8 Å². The second-order valence-electron chi connectivity index (χ2n) is 6.02. The number of benzene rings is 2. The van der Waals surface area contributed by atoms with E-state index in [2.05, 4.69) is 29.0 Å². The second-order valence-corrected chi connectivity index (χ2v) is 6.02. The molecule has 0 spiro atoms. The number of anilines is 1. The van der Waals surface area contributed by atoms with Gasteiger partial charge in [-0.1, -0.05) is 11.8 Å². The quantitative estimate of drug-likeness (QED) is 0.454. The van der Waals surface area contributed by atoms with E-state index in [1.54, 1.807) is 48.5 Å². The van der Waals surface area contributed by atoms with Gasteiger partial charge in [0.05, 0.1) is 6.10 Å². The Labute approximate surface area is 163 Å². The van der Waals surface area contributed by atoms with Gasteiger partial charge in [0.1, 0.15) is 12.6 Å². The summed E-state index contributed by atoms with van der Waals surface area (Å²) in [4.78, 5) is 23.8. The van der Waals surface area contributed by atoms with E-state index >= 15 is 0 Å². The van der Waals surface area contributed by atoms with Gasteiger partial charge in [0.25, 0.3) is 5.91 Å². The normalized spacial score (nSPS) is 11.8. The molecule has 28 heavy (non-hydrogen) atoms. The molecule has 0 radical (unpaired) electrons. The summed E-state index contributed by atoms with van der Waals surface area (Å²) in [5, 5.41) is 20.9. The van der Waals surface area contributed by atoms with Crippen LogP contribution in [0.2, 0.25) is 0 Å². The molecule has 0 fully saturated rings. The molecule has 142 valence electrons. The van der Waals surface area contributed by atoms with E-state index in [1.807, 2.05) is 0 Å². The number of hydrogen-bond acceptors (Lipinski definition) is 5. The van der Waals surface area contributed by atoms with E-state index in [1.165, 1.54) is 6.92 Å². The Morgan fingerprint density at radius 2 is 1.50 bits per heavy atom. The van der Waals surface area contributed by atoms with Crippen molar-refractivity contribution in [2.45, 2.75) is 19.1 Å². The van der Waals surface area contributed by atoms with Crippen molar-refractivity contribution in [2.24, 2.45) is 0 Å². The first-order valence-electron chi connectivity index (χ1n) is 8.51. The molecule has 2 aromatic rings. The Kier molecular flexibility index (Phi) is 7.36. The number of nitrogens with two attached hydrogens (primary N) is 1. The van der Waals surface area contributed by atoms with Crippen molar-refractivity contribution in [3.63, 3.8) is 0 Å². The SMILES string of the molecule is C[C@H](O)[C@H](NC(=O)c1ccc(C#CC#Cc2ccc(N)cc2)cc1)C(=O)CO. The molecule has 0 aliphatic rings. The minimum absolute atomic E-state index is 0.301. The Hall–Kier alpha value is -3.58. The molecular weight excluding hydrogens is 356 g/mol. The number of rotatable bonds is 5. The molecule has 0 aliphatic carbocycles. The minimum Gasteiger partial charge on any atom is -0.399 e. The minimum atomic E-state index is -1.17. The Bertz CT molecular complexity index is 956. The van der Waals surface area contributed by atoms with Gasteiger partial charge < -0.3 is 21.3 Å². The lowest BCUT2D eigenvalue weighted by Crippen LogP contribution is -2.48. The van der Waals surface area contributed by atoms with Crippen molar-refractivity contribution in [2.75, 3.05) is 12.3 Å². The Morgan fingerprint density at radius 1 is 1.00 bits per heavy atom. The Balaban J connectivity index is 2.03. The third kappa shape index (κ3) is 6.00. The summed E-state index contributed by atoms with van der Waals surface area (Å²) in [5.74, 6) is 10.1. The summed E-state index contributed by atoms with van der Waals surface area (Å²) in [5.41, 5.74) is 8.05. The number of aliphatic hydroxyl groups is 2. The summed E-state index contributed by atoms with van der Waals surface area (Å²) < 4.78 is 0. The number of nitrogens with one attached hydrogen (secondary N) is 1. The van der Waals surface area contributed by atoms with Crippen LogP contribution in [0.4, 0.5) is 5.69 Å². The molecule has 0 bridgehead atoms. The van der Waals surface area contributed by atoms with Crippen LogP contribution in [-0.4, -0.2) is 40.7 Å². The van der Waals surface area contributed by atoms with Gasteiger partial charge in [-0.05, 0) is 67.3 Å².